The molecule has 0 atom stereocenters. The molecule has 0 aliphatic heterocycles. The Balaban J connectivity index is 3.97. The molecule has 0 saturated heterocycles. The summed E-state index contributed by atoms with van der Waals surface area (Å²) >= 11 is 1.38. The van der Waals surface area contributed by atoms with Crippen LogP contribution in [0.4, 0.5) is 0 Å². The summed E-state index contributed by atoms with van der Waals surface area (Å²) in [6.45, 7) is 5.57. The standard InChI is InChI=1S/C7H14N2OS/c1-4-11-7(8)9-6(10)5(2)3/h5H,4H2,1-3H3,(H2,8,9,10). The molecule has 0 spiro atoms. The lowest BCUT2D eigenvalue weighted by molar-refractivity contribution is -0.120. The summed E-state index contributed by atoms with van der Waals surface area (Å²) in [5.41, 5.74) is 5.42. The van der Waals surface area contributed by atoms with Gasteiger partial charge < -0.3 is 5.73 Å². The lowest BCUT2D eigenvalue weighted by Gasteiger charge is -1.98. The topological polar surface area (TPSA) is 55.4 Å². The Morgan fingerprint density at radius 3 is 2.55 bits per heavy atom. The number of amides is 1. The number of hydrogen-bond donors (Lipinski definition) is 1. The first-order valence-corrected chi connectivity index (χ1v) is 4.57. The van der Waals surface area contributed by atoms with E-state index in [1.54, 1.807) is 13.8 Å². The van der Waals surface area contributed by atoms with Crippen LogP contribution in [-0.2, 0) is 4.79 Å². The van der Waals surface area contributed by atoms with E-state index < -0.39 is 0 Å². The number of amidine groups is 1. The van der Waals surface area contributed by atoms with Crippen molar-refractivity contribution in [3.05, 3.63) is 0 Å². The highest BCUT2D eigenvalue weighted by Gasteiger charge is 2.05. The second-order valence-electron chi connectivity index (χ2n) is 2.38. The monoisotopic (exact) mass is 174 g/mol. The molecular formula is C7H14N2OS. The van der Waals surface area contributed by atoms with Gasteiger partial charge in [-0.1, -0.05) is 32.5 Å². The predicted octanol–water partition coefficient (Wildman–Crippen LogP) is 1.24. The average molecular weight is 174 g/mol. The van der Waals surface area contributed by atoms with Gasteiger partial charge in [0.1, 0.15) is 0 Å². The molecule has 0 rings (SSSR count). The quantitative estimate of drug-likeness (QED) is 0.506. The van der Waals surface area contributed by atoms with E-state index in [4.69, 9.17) is 5.73 Å². The average Bonchev–Trinajstić information content (AvgIpc) is 1.87. The minimum Gasteiger partial charge on any atom is -0.378 e. The molecular weight excluding hydrogens is 160 g/mol. The summed E-state index contributed by atoms with van der Waals surface area (Å²) in [6, 6.07) is 0. The van der Waals surface area contributed by atoms with Gasteiger partial charge in [0.15, 0.2) is 5.17 Å². The number of aliphatic imine (C=N–C) groups is 1. The van der Waals surface area contributed by atoms with Crippen molar-refractivity contribution in [2.24, 2.45) is 16.6 Å². The number of nitrogens with two attached hydrogens (primary N) is 1. The van der Waals surface area contributed by atoms with Gasteiger partial charge in [-0.25, -0.2) is 0 Å². The summed E-state index contributed by atoms with van der Waals surface area (Å²) < 4.78 is 0. The molecule has 0 bridgehead atoms. The molecule has 0 aromatic rings. The molecule has 0 aromatic heterocycles. The molecule has 0 radical (unpaired) electrons. The zero-order chi connectivity index (χ0) is 8.85. The van der Waals surface area contributed by atoms with E-state index in [-0.39, 0.29) is 11.8 Å². The SMILES string of the molecule is CCSC(N)=NC(=O)C(C)C. The van der Waals surface area contributed by atoms with Crippen LogP contribution in [0, 0.1) is 5.92 Å². The van der Waals surface area contributed by atoms with Crippen molar-refractivity contribution < 1.29 is 4.79 Å². The fraction of sp³-hybridized carbons (Fsp3) is 0.714. The second kappa shape index (κ2) is 5.18. The molecule has 1 amide bonds. The molecule has 0 aliphatic rings. The van der Waals surface area contributed by atoms with Crippen molar-refractivity contribution in [3.63, 3.8) is 0 Å². The fourth-order valence-corrected chi connectivity index (χ4v) is 0.868. The molecule has 0 fully saturated rings. The first kappa shape index (κ1) is 10.5. The van der Waals surface area contributed by atoms with Crippen LogP contribution >= 0.6 is 11.8 Å². The highest BCUT2D eigenvalue weighted by atomic mass is 32.2. The molecule has 3 nitrogen and oxygen atoms in total. The van der Waals surface area contributed by atoms with Crippen LogP contribution in [0.5, 0.6) is 0 Å². The highest BCUT2D eigenvalue weighted by molar-refractivity contribution is 8.13. The van der Waals surface area contributed by atoms with Crippen LogP contribution in [0.2, 0.25) is 0 Å². The van der Waals surface area contributed by atoms with Crippen LogP contribution in [0.3, 0.4) is 0 Å². The van der Waals surface area contributed by atoms with E-state index in [0.717, 1.165) is 5.75 Å². The maximum atomic E-state index is 10.9. The van der Waals surface area contributed by atoms with E-state index in [9.17, 15) is 4.79 Å². The number of rotatable bonds is 2. The molecule has 11 heavy (non-hydrogen) atoms. The Labute approximate surface area is 71.4 Å². The summed E-state index contributed by atoms with van der Waals surface area (Å²) in [4.78, 5) is 14.6. The molecule has 0 unspecified atom stereocenters. The largest absolute Gasteiger partial charge is 0.378 e. The third-order valence-electron chi connectivity index (χ3n) is 1.01. The van der Waals surface area contributed by atoms with Crippen molar-refractivity contribution in [2.45, 2.75) is 20.8 Å². The zero-order valence-corrected chi connectivity index (χ0v) is 7.94. The Morgan fingerprint density at radius 1 is 1.64 bits per heavy atom. The molecule has 2 N–H and O–H groups in total. The van der Waals surface area contributed by atoms with Crippen LogP contribution in [0.1, 0.15) is 20.8 Å². The molecule has 4 heteroatoms. The van der Waals surface area contributed by atoms with Gasteiger partial charge in [-0.05, 0) is 5.75 Å². The van der Waals surface area contributed by atoms with Crippen LogP contribution in [0.25, 0.3) is 0 Å². The third-order valence-corrected chi connectivity index (χ3v) is 1.68. The van der Waals surface area contributed by atoms with Crippen LogP contribution < -0.4 is 5.73 Å². The summed E-state index contributed by atoms with van der Waals surface area (Å²) in [6.07, 6.45) is 0. The maximum absolute atomic E-state index is 10.9. The van der Waals surface area contributed by atoms with Crippen molar-refractivity contribution >= 4 is 22.8 Å². The van der Waals surface area contributed by atoms with Gasteiger partial charge in [0.2, 0.25) is 0 Å². The maximum Gasteiger partial charge on any atom is 0.250 e. The van der Waals surface area contributed by atoms with Gasteiger partial charge in [0, 0.05) is 5.92 Å². The highest BCUT2D eigenvalue weighted by Crippen LogP contribution is 2.01. The number of nitrogens with zero attached hydrogens (tertiary/aromatic N) is 1. The van der Waals surface area contributed by atoms with E-state index in [2.05, 4.69) is 4.99 Å². The third kappa shape index (κ3) is 4.84. The minimum absolute atomic E-state index is 0.0639. The van der Waals surface area contributed by atoms with Gasteiger partial charge >= 0.3 is 0 Å². The minimum atomic E-state index is -0.150. The van der Waals surface area contributed by atoms with E-state index >= 15 is 0 Å². The van der Waals surface area contributed by atoms with Gasteiger partial charge in [-0.3, -0.25) is 4.79 Å². The first-order valence-electron chi connectivity index (χ1n) is 3.58. The Bertz CT molecular complexity index is 166. The van der Waals surface area contributed by atoms with Gasteiger partial charge in [0.25, 0.3) is 5.91 Å². The Hall–Kier alpha value is -0.510. The Morgan fingerprint density at radius 2 is 2.18 bits per heavy atom. The second-order valence-corrected chi connectivity index (χ2v) is 3.66. The van der Waals surface area contributed by atoms with E-state index in [1.807, 2.05) is 6.92 Å². The van der Waals surface area contributed by atoms with Crippen molar-refractivity contribution in [2.75, 3.05) is 5.75 Å². The smallest absolute Gasteiger partial charge is 0.250 e. The molecule has 0 heterocycles. The molecule has 64 valence electrons. The number of carbonyl (C=O) groups excluding carboxylic acids is 1. The number of thioether (sulfide) groups is 1. The van der Waals surface area contributed by atoms with Crippen molar-refractivity contribution in [3.8, 4) is 0 Å². The molecule has 0 saturated carbocycles. The number of hydrogen-bond acceptors (Lipinski definition) is 2. The fourth-order valence-electron chi connectivity index (χ4n) is 0.418. The van der Waals surface area contributed by atoms with Gasteiger partial charge in [-0.2, -0.15) is 4.99 Å². The predicted molar refractivity (Wildman–Crippen MR) is 49.6 cm³/mol. The van der Waals surface area contributed by atoms with Crippen LogP contribution in [0.15, 0.2) is 4.99 Å². The lowest BCUT2D eigenvalue weighted by atomic mass is 10.2. The summed E-state index contributed by atoms with van der Waals surface area (Å²) in [7, 11) is 0. The number of carbonyl (C=O) groups is 1. The lowest BCUT2D eigenvalue weighted by Crippen LogP contribution is -2.13. The zero-order valence-electron chi connectivity index (χ0n) is 7.13. The first-order chi connectivity index (χ1) is 5.07. The molecule has 0 aliphatic carbocycles. The summed E-state index contributed by atoms with van der Waals surface area (Å²) in [5, 5.41) is 0.367. The molecule has 0 aromatic carbocycles. The van der Waals surface area contributed by atoms with E-state index in [1.165, 1.54) is 11.8 Å². The van der Waals surface area contributed by atoms with Gasteiger partial charge in [-0.15, -0.1) is 0 Å². The van der Waals surface area contributed by atoms with Gasteiger partial charge in [0.05, 0.1) is 0 Å². The van der Waals surface area contributed by atoms with Crippen LogP contribution in [-0.4, -0.2) is 16.8 Å². The van der Waals surface area contributed by atoms with Crippen molar-refractivity contribution in [1.29, 1.82) is 0 Å². The normalized spacial score (nSPS) is 12.2. The summed E-state index contributed by atoms with van der Waals surface area (Å²) in [5.74, 6) is 0.634. The van der Waals surface area contributed by atoms with Crippen molar-refractivity contribution in [1.82, 2.24) is 0 Å². The Kier molecular flexibility index (Phi) is 4.94. The van der Waals surface area contributed by atoms with E-state index in [0.29, 0.717) is 5.17 Å².